The molecule has 0 spiro atoms. The van der Waals surface area contributed by atoms with Crippen molar-refractivity contribution < 1.29 is 14.3 Å². The van der Waals surface area contributed by atoms with Crippen LogP contribution in [-0.2, 0) is 14.3 Å². The van der Waals surface area contributed by atoms with Crippen molar-refractivity contribution in [3.05, 3.63) is 11.8 Å². The summed E-state index contributed by atoms with van der Waals surface area (Å²) in [5.41, 5.74) is 1.07. The lowest BCUT2D eigenvalue weighted by molar-refractivity contribution is -0.120. The van der Waals surface area contributed by atoms with Crippen molar-refractivity contribution in [3.8, 4) is 0 Å². The monoisotopic (exact) mass is 281 g/mol. The summed E-state index contributed by atoms with van der Waals surface area (Å²) in [6, 6.07) is 1.90. The van der Waals surface area contributed by atoms with Gasteiger partial charge in [-0.05, 0) is 19.3 Å². The van der Waals surface area contributed by atoms with Crippen LogP contribution in [0.3, 0.4) is 0 Å². The quantitative estimate of drug-likeness (QED) is 0.750. The van der Waals surface area contributed by atoms with E-state index >= 15 is 0 Å². The van der Waals surface area contributed by atoms with Gasteiger partial charge in [-0.2, -0.15) is 5.10 Å². The summed E-state index contributed by atoms with van der Waals surface area (Å²) in [7, 11) is 0. The van der Waals surface area contributed by atoms with Crippen molar-refractivity contribution in [2.24, 2.45) is 0 Å². The minimum Gasteiger partial charge on any atom is -0.381 e. The van der Waals surface area contributed by atoms with Crippen molar-refractivity contribution >= 4 is 11.7 Å². The molecule has 6 nitrogen and oxygen atoms in total. The van der Waals surface area contributed by atoms with Gasteiger partial charge in [-0.3, -0.25) is 9.89 Å². The molecule has 1 amide bonds. The maximum atomic E-state index is 11.7. The molecular weight excluding hydrogens is 258 g/mol. The molecule has 0 unspecified atom stereocenters. The van der Waals surface area contributed by atoms with Crippen LogP contribution < -0.4 is 5.32 Å². The van der Waals surface area contributed by atoms with Gasteiger partial charge < -0.3 is 14.8 Å². The number of anilines is 1. The van der Waals surface area contributed by atoms with E-state index in [1.165, 1.54) is 0 Å². The highest BCUT2D eigenvalue weighted by Crippen LogP contribution is 2.26. The Balaban J connectivity index is 1.75. The molecule has 0 saturated carbocycles. The first-order valence-corrected chi connectivity index (χ1v) is 7.30. The first-order chi connectivity index (χ1) is 9.79. The molecule has 0 atom stereocenters. The molecule has 2 N–H and O–H groups in total. The number of amides is 1. The lowest BCUT2D eigenvalue weighted by Crippen LogP contribution is -2.18. The van der Waals surface area contributed by atoms with E-state index in [1.807, 2.05) is 6.07 Å². The van der Waals surface area contributed by atoms with Crippen LogP contribution in [0, 0.1) is 0 Å². The normalized spacial score (nSPS) is 16.2. The molecule has 0 bridgehead atoms. The van der Waals surface area contributed by atoms with Gasteiger partial charge in [0.05, 0.1) is 0 Å². The Morgan fingerprint density at radius 2 is 2.35 bits per heavy atom. The van der Waals surface area contributed by atoms with Gasteiger partial charge in [-0.1, -0.05) is 13.3 Å². The van der Waals surface area contributed by atoms with Crippen LogP contribution in [-0.4, -0.2) is 42.5 Å². The molecule has 1 aliphatic rings. The summed E-state index contributed by atoms with van der Waals surface area (Å²) in [6.45, 7) is 4.37. The third-order valence-corrected chi connectivity index (χ3v) is 3.40. The zero-order valence-corrected chi connectivity index (χ0v) is 12.0. The zero-order chi connectivity index (χ0) is 14.2. The maximum Gasteiger partial charge on any atom is 0.251 e. The topological polar surface area (TPSA) is 76.2 Å². The molecule has 2 rings (SSSR count). The summed E-state index contributed by atoms with van der Waals surface area (Å²) in [5.74, 6) is 0.851. The summed E-state index contributed by atoms with van der Waals surface area (Å²) in [4.78, 5) is 11.7. The Morgan fingerprint density at radius 1 is 1.55 bits per heavy atom. The van der Waals surface area contributed by atoms with E-state index < -0.39 is 0 Å². The van der Waals surface area contributed by atoms with E-state index in [-0.39, 0.29) is 12.5 Å². The maximum absolute atomic E-state index is 11.7. The number of nitrogens with zero attached hydrogens (tertiary/aromatic N) is 1. The Bertz CT molecular complexity index is 414. The summed E-state index contributed by atoms with van der Waals surface area (Å²) >= 11 is 0. The predicted octanol–water partition coefficient (Wildman–Crippen LogP) is 2.06. The highest BCUT2D eigenvalue weighted by atomic mass is 16.5. The number of H-pyrrole nitrogens is 1. The minimum atomic E-state index is -0.161. The van der Waals surface area contributed by atoms with E-state index in [2.05, 4.69) is 22.4 Å². The van der Waals surface area contributed by atoms with Crippen molar-refractivity contribution in [1.29, 1.82) is 0 Å². The number of aromatic amines is 1. The number of ether oxygens (including phenoxy) is 2. The molecule has 0 aliphatic carbocycles. The molecule has 112 valence electrons. The second kappa shape index (κ2) is 8.01. The number of carbonyl (C=O) groups excluding carboxylic acids is 1. The van der Waals surface area contributed by atoms with Crippen molar-refractivity contribution in [1.82, 2.24) is 10.2 Å². The van der Waals surface area contributed by atoms with Crippen LogP contribution in [0.1, 0.15) is 44.2 Å². The van der Waals surface area contributed by atoms with Gasteiger partial charge in [-0.15, -0.1) is 0 Å². The number of unbranched alkanes of at least 4 members (excludes halogenated alkanes) is 1. The fourth-order valence-electron chi connectivity index (χ4n) is 2.21. The molecule has 2 heterocycles. The summed E-state index contributed by atoms with van der Waals surface area (Å²) < 4.78 is 10.6. The molecule has 1 aromatic heterocycles. The van der Waals surface area contributed by atoms with Gasteiger partial charge in [0.15, 0.2) is 5.82 Å². The fourth-order valence-corrected chi connectivity index (χ4v) is 2.21. The van der Waals surface area contributed by atoms with Crippen molar-refractivity contribution in [2.45, 2.75) is 38.5 Å². The minimum absolute atomic E-state index is 0.0828. The number of hydrogen-bond acceptors (Lipinski definition) is 4. The number of carbonyl (C=O) groups is 1. The summed E-state index contributed by atoms with van der Waals surface area (Å²) in [5, 5.41) is 9.86. The van der Waals surface area contributed by atoms with Gasteiger partial charge in [0.2, 0.25) is 0 Å². The van der Waals surface area contributed by atoms with E-state index in [4.69, 9.17) is 9.47 Å². The van der Waals surface area contributed by atoms with Crippen LogP contribution >= 0.6 is 0 Å². The van der Waals surface area contributed by atoms with Gasteiger partial charge in [-0.25, -0.2) is 0 Å². The lowest BCUT2D eigenvalue weighted by atomic mass is 9.97. The molecule has 0 radical (unpaired) electrons. The van der Waals surface area contributed by atoms with Crippen LogP contribution in [0.5, 0.6) is 0 Å². The number of hydrogen-bond donors (Lipinski definition) is 2. The van der Waals surface area contributed by atoms with E-state index in [0.29, 0.717) is 18.3 Å². The SMILES string of the molecule is CCCCOCC(=O)Nc1cc(C2CCOCC2)[nH]n1. The van der Waals surface area contributed by atoms with Crippen LogP contribution in [0.2, 0.25) is 0 Å². The van der Waals surface area contributed by atoms with Gasteiger partial charge in [0.25, 0.3) is 5.91 Å². The molecular formula is C14H23N3O3. The molecule has 20 heavy (non-hydrogen) atoms. The highest BCUT2D eigenvalue weighted by Gasteiger charge is 2.18. The third kappa shape index (κ3) is 4.61. The largest absolute Gasteiger partial charge is 0.381 e. The van der Waals surface area contributed by atoms with Crippen molar-refractivity contribution in [2.75, 3.05) is 31.7 Å². The first-order valence-electron chi connectivity index (χ1n) is 7.30. The Morgan fingerprint density at radius 3 is 3.10 bits per heavy atom. The highest BCUT2D eigenvalue weighted by molar-refractivity contribution is 5.90. The third-order valence-electron chi connectivity index (χ3n) is 3.40. The van der Waals surface area contributed by atoms with Crippen LogP contribution in [0.25, 0.3) is 0 Å². The number of rotatable bonds is 7. The number of aromatic nitrogens is 2. The lowest BCUT2D eigenvalue weighted by Gasteiger charge is -2.20. The van der Waals surface area contributed by atoms with E-state index in [9.17, 15) is 4.79 Å². The zero-order valence-electron chi connectivity index (χ0n) is 12.0. The Kier molecular flexibility index (Phi) is 6.01. The average Bonchev–Trinajstić information content (AvgIpc) is 2.93. The number of nitrogens with one attached hydrogen (secondary N) is 2. The summed E-state index contributed by atoms with van der Waals surface area (Å²) in [6.07, 6.45) is 4.03. The fraction of sp³-hybridized carbons (Fsp3) is 0.714. The molecule has 0 aromatic carbocycles. The Labute approximate surface area is 119 Å². The van der Waals surface area contributed by atoms with E-state index in [1.54, 1.807) is 0 Å². The van der Waals surface area contributed by atoms with Crippen LogP contribution in [0.4, 0.5) is 5.82 Å². The molecule has 1 fully saturated rings. The van der Waals surface area contributed by atoms with Gasteiger partial charge in [0.1, 0.15) is 6.61 Å². The first kappa shape index (κ1) is 15.0. The van der Waals surface area contributed by atoms with Crippen molar-refractivity contribution in [3.63, 3.8) is 0 Å². The second-order valence-electron chi connectivity index (χ2n) is 5.05. The van der Waals surface area contributed by atoms with E-state index in [0.717, 1.165) is 44.6 Å². The molecule has 6 heteroatoms. The predicted molar refractivity (Wildman–Crippen MR) is 75.7 cm³/mol. The molecule has 1 aromatic rings. The smallest absolute Gasteiger partial charge is 0.251 e. The molecule has 1 aliphatic heterocycles. The van der Waals surface area contributed by atoms with Gasteiger partial charge >= 0.3 is 0 Å². The Hall–Kier alpha value is -1.40. The molecule has 1 saturated heterocycles. The van der Waals surface area contributed by atoms with Gasteiger partial charge in [0, 0.05) is 37.5 Å². The standard InChI is InChI=1S/C14H23N3O3/c1-2-3-6-20-10-14(18)15-13-9-12(16-17-13)11-4-7-19-8-5-11/h9,11H,2-8,10H2,1H3,(H2,15,16,17,18). The van der Waals surface area contributed by atoms with Crippen LogP contribution in [0.15, 0.2) is 6.07 Å². The second-order valence-corrected chi connectivity index (χ2v) is 5.05. The average molecular weight is 281 g/mol.